The standard InChI is InChI=1S/C7H11N/c1-2-7(8-5-1)6-3-4-6/h8H,1-5H2. The SMILES string of the molecule is C1CNC(=C2CC2)C1. The Labute approximate surface area is 49.8 Å². The van der Waals surface area contributed by atoms with E-state index in [1.807, 2.05) is 0 Å². The zero-order valence-corrected chi connectivity index (χ0v) is 5.04. The van der Waals surface area contributed by atoms with Crippen LogP contribution in [-0.4, -0.2) is 6.54 Å². The Morgan fingerprint density at radius 1 is 1.12 bits per heavy atom. The average Bonchev–Trinajstić information content (AvgIpc) is 2.49. The van der Waals surface area contributed by atoms with Gasteiger partial charge in [0.1, 0.15) is 0 Å². The summed E-state index contributed by atoms with van der Waals surface area (Å²) < 4.78 is 0. The number of hydrogen-bond donors (Lipinski definition) is 1. The second-order valence-corrected chi connectivity index (χ2v) is 2.61. The minimum Gasteiger partial charge on any atom is -0.388 e. The molecule has 0 bridgehead atoms. The summed E-state index contributed by atoms with van der Waals surface area (Å²) in [5, 5.41) is 3.40. The van der Waals surface area contributed by atoms with Crippen LogP contribution in [0.5, 0.6) is 0 Å². The van der Waals surface area contributed by atoms with Crippen molar-refractivity contribution >= 4 is 0 Å². The fourth-order valence-electron chi connectivity index (χ4n) is 1.26. The smallest absolute Gasteiger partial charge is 0.0147 e. The third kappa shape index (κ3) is 0.623. The van der Waals surface area contributed by atoms with Crippen molar-refractivity contribution in [2.24, 2.45) is 0 Å². The van der Waals surface area contributed by atoms with Crippen LogP contribution in [-0.2, 0) is 0 Å². The van der Waals surface area contributed by atoms with Gasteiger partial charge in [0.25, 0.3) is 0 Å². The molecule has 0 aromatic carbocycles. The van der Waals surface area contributed by atoms with Crippen LogP contribution in [0.15, 0.2) is 11.3 Å². The molecule has 0 aromatic rings. The molecule has 0 amide bonds. The first-order chi connectivity index (χ1) is 3.97. The minimum atomic E-state index is 1.22. The molecule has 1 aliphatic carbocycles. The summed E-state index contributed by atoms with van der Waals surface area (Å²) in [7, 11) is 0. The molecular weight excluding hydrogens is 98.1 g/mol. The Bertz CT molecular complexity index is 121. The van der Waals surface area contributed by atoms with Gasteiger partial charge in [0, 0.05) is 12.2 Å². The van der Waals surface area contributed by atoms with Gasteiger partial charge in [-0.2, -0.15) is 0 Å². The third-order valence-electron chi connectivity index (χ3n) is 1.87. The number of rotatable bonds is 0. The zero-order chi connectivity index (χ0) is 5.40. The van der Waals surface area contributed by atoms with Gasteiger partial charge in [-0.1, -0.05) is 5.57 Å². The summed E-state index contributed by atoms with van der Waals surface area (Å²) in [5.41, 5.74) is 3.27. The molecule has 1 nitrogen and oxygen atoms in total. The van der Waals surface area contributed by atoms with Crippen LogP contribution in [0.4, 0.5) is 0 Å². The van der Waals surface area contributed by atoms with Crippen molar-refractivity contribution in [3.8, 4) is 0 Å². The molecule has 1 saturated carbocycles. The molecule has 2 rings (SSSR count). The molecular formula is C7H11N. The van der Waals surface area contributed by atoms with Crippen LogP contribution in [0.1, 0.15) is 25.7 Å². The first kappa shape index (κ1) is 4.42. The number of hydrogen-bond acceptors (Lipinski definition) is 1. The third-order valence-corrected chi connectivity index (χ3v) is 1.87. The summed E-state index contributed by atoms with van der Waals surface area (Å²) in [6.45, 7) is 1.22. The highest BCUT2D eigenvalue weighted by Crippen LogP contribution is 2.33. The highest BCUT2D eigenvalue weighted by molar-refractivity contribution is 5.25. The fourth-order valence-corrected chi connectivity index (χ4v) is 1.26. The first-order valence-corrected chi connectivity index (χ1v) is 3.41. The molecule has 2 aliphatic rings. The van der Waals surface area contributed by atoms with E-state index in [4.69, 9.17) is 0 Å². The summed E-state index contributed by atoms with van der Waals surface area (Å²) in [4.78, 5) is 0. The van der Waals surface area contributed by atoms with Crippen LogP contribution in [0.2, 0.25) is 0 Å². The van der Waals surface area contributed by atoms with E-state index in [9.17, 15) is 0 Å². The lowest BCUT2D eigenvalue weighted by Gasteiger charge is -1.92. The van der Waals surface area contributed by atoms with Gasteiger partial charge < -0.3 is 5.32 Å². The van der Waals surface area contributed by atoms with E-state index >= 15 is 0 Å². The van der Waals surface area contributed by atoms with E-state index in [1.165, 1.54) is 32.2 Å². The van der Waals surface area contributed by atoms with Crippen molar-refractivity contribution in [3.63, 3.8) is 0 Å². The number of nitrogens with one attached hydrogen (secondary N) is 1. The molecule has 0 aromatic heterocycles. The molecule has 0 atom stereocenters. The van der Waals surface area contributed by atoms with E-state index < -0.39 is 0 Å². The highest BCUT2D eigenvalue weighted by atomic mass is 14.9. The maximum absolute atomic E-state index is 3.40. The van der Waals surface area contributed by atoms with Crippen molar-refractivity contribution in [2.75, 3.05) is 6.54 Å². The quantitative estimate of drug-likeness (QED) is 0.496. The normalized spacial score (nSPS) is 26.0. The van der Waals surface area contributed by atoms with Crippen molar-refractivity contribution in [1.29, 1.82) is 0 Å². The average molecular weight is 109 g/mol. The maximum atomic E-state index is 3.40. The Hall–Kier alpha value is -0.460. The van der Waals surface area contributed by atoms with Gasteiger partial charge in [-0.05, 0) is 25.7 Å². The van der Waals surface area contributed by atoms with Crippen LogP contribution >= 0.6 is 0 Å². The van der Waals surface area contributed by atoms with Gasteiger partial charge in [0.2, 0.25) is 0 Å². The van der Waals surface area contributed by atoms with Crippen LogP contribution in [0.3, 0.4) is 0 Å². The Morgan fingerprint density at radius 2 is 2.00 bits per heavy atom. The summed E-state index contributed by atoms with van der Waals surface area (Å²) in [5.74, 6) is 0. The van der Waals surface area contributed by atoms with Crippen molar-refractivity contribution in [3.05, 3.63) is 11.3 Å². The van der Waals surface area contributed by atoms with Crippen LogP contribution in [0, 0.1) is 0 Å². The van der Waals surface area contributed by atoms with E-state index in [1.54, 1.807) is 11.3 Å². The molecule has 0 unspecified atom stereocenters. The monoisotopic (exact) mass is 109 g/mol. The predicted octanol–water partition coefficient (Wildman–Crippen LogP) is 1.42. The maximum Gasteiger partial charge on any atom is 0.0147 e. The largest absolute Gasteiger partial charge is 0.388 e. The second kappa shape index (κ2) is 1.51. The van der Waals surface area contributed by atoms with Gasteiger partial charge in [-0.25, -0.2) is 0 Å². The van der Waals surface area contributed by atoms with Gasteiger partial charge in [-0.3, -0.25) is 0 Å². The van der Waals surface area contributed by atoms with E-state index in [-0.39, 0.29) is 0 Å². The van der Waals surface area contributed by atoms with Crippen molar-refractivity contribution < 1.29 is 0 Å². The molecule has 2 fully saturated rings. The molecule has 0 spiro atoms. The summed E-state index contributed by atoms with van der Waals surface area (Å²) >= 11 is 0. The summed E-state index contributed by atoms with van der Waals surface area (Å²) in [6.07, 6.45) is 5.44. The van der Waals surface area contributed by atoms with E-state index in [0.29, 0.717) is 0 Å². The molecule has 1 heteroatoms. The highest BCUT2D eigenvalue weighted by Gasteiger charge is 2.19. The molecule has 1 heterocycles. The van der Waals surface area contributed by atoms with Gasteiger partial charge in [0.05, 0.1) is 0 Å². The number of allylic oxidation sites excluding steroid dienone is 2. The van der Waals surface area contributed by atoms with Gasteiger partial charge in [0.15, 0.2) is 0 Å². The molecule has 0 radical (unpaired) electrons. The van der Waals surface area contributed by atoms with Gasteiger partial charge in [-0.15, -0.1) is 0 Å². The van der Waals surface area contributed by atoms with Gasteiger partial charge >= 0.3 is 0 Å². The fraction of sp³-hybridized carbons (Fsp3) is 0.714. The minimum absolute atomic E-state index is 1.22. The van der Waals surface area contributed by atoms with Crippen LogP contribution < -0.4 is 5.32 Å². The van der Waals surface area contributed by atoms with E-state index in [2.05, 4.69) is 5.32 Å². The Balaban J connectivity index is 2.14. The topological polar surface area (TPSA) is 12.0 Å². The Kier molecular flexibility index (Phi) is 0.833. The molecule has 1 N–H and O–H groups in total. The van der Waals surface area contributed by atoms with Crippen LogP contribution in [0.25, 0.3) is 0 Å². The first-order valence-electron chi connectivity index (χ1n) is 3.41. The molecule has 1 aliphatic heterocycles. The Morgan fingerprint density at radius 3 is 2.50 bits per heavy atom. The van der Waals surface area contributed by atoms with Crippen molar-refractivity contribution in [1.82, 2.24) is 5.32 Å². The lowest BCUT2D eigenvalue weighted by Crippen LogP contribution is -2.02. The lowest BCUT2D eigenvalue weighted by molar-refractivity contribution is 0.902. The lowest BCUT2D eigenvalue weighted by atomic mass is 10.3. The zero-order valence-electron chi connectivity index (χ0n) is 5.04. The summed E-state index contributed by atoms with van der Waals surface area (Å²) in [6, 6.07) is 0. The van der Waals surface area contributed by atoms with E-state index in [0.717, 1.165) is 0 Å². The molecule has 1 saturated heterocycles. The van der Waals surface area contributed by atoms with Crippen molar-refractivity contribution in [2.45, 2.75) is 25.7 Å². The molecule has 8 heavy (non-hydrogen) atoms. The molecule has 44 valence electrons. The second-order valence-electron chi connectivity index (χ2n) is 2.61. The predicted molar refractivity (Wildman–Crippen MR) is 33.5 cm³/mol.